The Bertz CT molecular complexity index is 298. The van der Waals surface area contributed by atoms with Crippen molar-refractivity contribution in [2.24, 2.45) is 5.73 Å². The second-order valence-electron chi connectivity index (χ2n) is 2.24. The van der Waals surface area contributed by atoms with Crippen LogP contribution in [0.15, 0.2) is 6.33 Å². The number of rotatable bonds is 2. The Balaban J connectivity index is 3.28. The summed E-state index contributed by atoms with van der Waals surface area (Å²) in [5.74, 6) is -3.30. The molecule has 0 aliphatic heterocycles. The quantitative estimate of drug-likeness (QED) is 0.785. The predicted molar refractivity (Wildman–Crippen MR) is 45.0 cm³/mol. The van der Waals surface area contributed by atoms with Crippen molar-refractivity contribution in [2.75, 3.05) is 6.54 Å². The van der Waals surface area contributed by atoms with Crippen molar-refractivity contribution in [1.29, 1.82) is 0 Å². The monoisotopic (exact) mass is 227 g/mol. The van der Waals surface area contributed by atoms with Gasteiger partial charge in [0.15, 0.2) is 0 Å². The molecule has 0 radical (unpaired) electrons. The van der Waals surface area contributed by atoms with E-state index in [1.807, 2.05) is 0 Å². The molecule has 0 aliphatic rings. The second-order valence-corrected chi connectivity index (χ2v) is 2.95. The van der Waals surface area contributed by atoms with Crippen LogP contribution in [-0.4, -0.2) is 16.5 Å². The van der Waals surface area contributed by atoms with Gasteiger partial charge in [-0.1, -0.05) is 23.2 Å². The van der Waals surface area contributed by atoms with Crippen LogP contribution in [0, 0.1) is 0 Å². The molecule has 0 aliphatic carbocycles. The van der Waals surface area contributed by atoms with Gasteiger partial charge in [0.25, 0.3) is 5.92 Å². The van der Waals surface area contributed by atoms with E-state index in [0.717, 1.165) is 6.33 Å². The molecule has 72 valence electrons. The predicted octanol–water partition coefficient (Wildman–Crippen LogP) is 1.83. The molecule has 0 fully saturated rings. The van der Waals surface area contributed by atoms with Gasteiger partial charge in [-0.3, -0.25) is 0 Å². The van der Waals surface area contributed by atoms with Crippen molar-refractivity contribution in [3.05, 3.63) is 22.2 Å². The van der Waals surface area contributed by atoms with Crippen LogP contribution in [-0.2, 0) is 5.92 Å². The van der Waals surface area contributed by atoms with Gasteiger partial charge in [-0.05, 0) is 0 Å². The van der Waals surface area contributed by atoms with E-state index in [2.05, 4.69) is 9.97 Å². The first kappa shape index (κ1) is 10.6. The normalized spacial score (nSPS) is 11.8. The van der Waals surface area contributed by atoms with Gasteiger partial charge in [-0.25, -0.2) is 9.97 Å². The third-order valence-corrected chi connectivity index (χ3v) is 1.95. The Kier molecular flexibility index (Phi) is 3.00. The van der Waals surface area contributed by atoms with Crippen LogP contribution in [0.25, 0.3) is 0 Å². The molecule has 1 heterocycles. The summed E-state index contributed by atoms with van der Waals surface area (Å²) < 4.78 is 26.1. The fraction of sp³-hybridized carbons (Fsp3) is 0.333. The smallest absolute Gasteiger partial charge is 0.291 e. The first-order valence-electron chi connectivity index (χ1n) is 3.23. The van der Waals surface area contributed by atoms with E-state index in [0.29, 0.717) is 0 Å². The van der Waals surface area contributed by atoms with Gasteiger partial charge in [0.2, 0.25) is 0 Å². The summed E-state index contributed by atoms with van der Waals surface area (Å²) in [4.78, 5) is 6.78. The third kappa shape index (κ3) is 2.04. The van der Waals surface area contributed by atoms with Gasteiger partial charge in [-0.15, -0.1) is 0 Å². The third-order valence-electron chi connectivity index (χ3n) is 1.38. The van der Waals surface area contributed by atoms with Gasteiger partial charge in [0.05, 0.1) is 12.1 Å². The lowest BCUT2D eigenvalue weighted by atomic mass is 10.2. The maximum atomic E-state index is 13.0. The Morgan fingerprint density at radius 2 is 1.77 bits per heavy atom. The zero-order valence-corrected chi connectivity index (χ0v) is 7.78. The first-order valence-corrected chi connectivity index (χ1v) is 3.99. The molecule has 1 rings (SSSR count). The topological polar surface area (TPSA) is 51.8 Å². The summed E-state index contributed by atoms with van der Waals surface area (Å²) in [6, 6.07) is 0. The van der Waals surface area contributed by atoms with Gasteiger partial charge >= 0.3 is 0 Å². The maximum absolute atomic E-state index is 13.0. The first-order chi connectivity index (χ1) is 5.99. The van der Waals surface area contributed by atoms with E-state index >= 15 is 0 Å². The van der Waals surface area contributed by atoms with E-state index in [1.165, 1.54) is 0 Å². The molecule has 3 nitrogen and oxygen atoms in total. The van der Waals surface area contributed by atoms with Gasteiger partial charge in [0.1, 0.15) is 16.6 Å². The Morgan fingerprint density at radius 1 is 1.31 bits per heavy atom. The lowest BCUT2D eigenvalue weighted by Gasteiger charge is -2.15. The van der Waals surface area contributed by atoms with Crippen molar-refractivity contribution in [3.63, 3.8) is 0 Å². The van der Waals surface area contributed by atoms with Gasteiger partial charge in [0, 0.05) is 0 Å². The highest BCUT2D eigenvalue weighted by atomic mass is 35.5. The van der Waals surface area contributed by atoms with Crippen LogP contribution < -0.4 is 5.73 Å². The molecule has 1 aromatic rings. The molecule has 13 heavy (non-hydrogen) atoms. The summed E-state index contributed by atoms with van der Waals surface area (Å²) in [5.41, 5.74) is 4.23. The number of halogens is 4. The standard InChI is InChI=1S/C6H5Cl2F2N3/c7-4-3(6(9,10)1-11)5(8)13-2-12-4/h2H,1,11H2. The number of nitrogens with two attached hydrogens (primary N) is 1. The maximum Gasteiger partial charge on any atom is 0.291 e. The lowest BCUT2D eigenvalue weighted by Crippen LogP contribution is -2.26. The van der Waals surface area contributed by atoms with Crippen molar-refractivity contribution in [3.8, 4) is 0 Å². The second kappa shape index (κ2) is 3.69. The van der Waals surface area contributed by atoms with Crippen LogP contribution in [0.4, 0.5) is 8.78 Å². The van der Waals surface area contributed by atoms with Crippen molar-refractivity contribution in [2.45, 2.75) is 5.92 Å². The Hall–Kier alpha value is -0.520. The lowest BCUT2D eigenvalue weighted by molar-refractivity contribution is 0.00549. The molecular formula is C6H5Cl2F2N3. The molecule has 0 amide bonds. The van der Waals surface area contributed by atoms with E-state index in [4.69, 9.17) is 28.9 Å². The van der Waals surface area contributed by atoms with Crippen LogP contribution in [0.1, 0.15) is 5.56 Å². The van der Waals surface area contributed by atoms with E-state index < -0.39 is 18.0 Å². The van der Waals surface area contributed by atoms with Crippen LogP contribution >= 0.6 is 23.2 Å². The van der Waals surface area contributed by atoms with E-state index in [1.54, 1.807) is 0 Å². The summed E-state index contributed by atoms with van der Waals surface area (Å²) in [7, 11) is 0. The number of aromatic nitrogens is 2. The van der Waals surface area contributed by atoms with E-state index in [-0.39, 0.29) is 10.3 Å². The molecule has 0 unspecified atom stereocenters. The highest BCUT2D eigenvalue weighted by molar-refractivity contribution is 6.34. The molecule has 0 saturated heterocycles. The highest BCUT2D eigenvalue weighted by Gasteiger charge is 2.35. The SMILES string of the molecule is NCC(F)(F)c1c(Cl)ncnc1Cl. The van der Waals surface area contributed by atoms with Crippen LogP contribution in [0.2, 0.25) is 10.3 Å². The fourth-order valence-electron chi connectivity index (χ4n) is 0.748. The summed E-state index contributed by atoms with van der Waals surface area (Å²) in [6.07, 6.45) is 1.00. The zero-order valence-electron chi connectivity index (χ0n) is 6.27. The summed E-state index contributed by atoms with van der Waals surface area (Å²) >= 11 is 10.8. The minimum absolute atomic E-state index is 0.379. The zero-order chi connectivity index (χ0) is 10.1. The molecule has 0 saturated carbocycles. The van der Waals surface area contributed by atoms with Crippen molar-refractivity contribution >= 4 is 23.2 Å². The largest absolute Gasteiger partial charge is 0.325 e. The summed E-state index contributed by atoms with van der Waals surface area (Å²) in [6.45, 7) is -0.889. The Labute approximate surface area is 82.9 Å². The van der Waals surface area contributed by atoms with Crippen molar-refractivity contribution < 1.29 is 8.78 Å². The molecule has 7 heteroatoms. The number of nitrogens with zero attached hydrogens (tertiary/aromatic N) is 2. The molecule has 0 spiro atoms. The average Bonchev–Trinajstić information content (AvgIpc) is 2.03. The average molecular weight is 228 g/mol. The molecule has 0 atom stereocenters. The van der Waals surface area contributed by atoms with Gasteiger partial charge in [-0.2, -0.15) is 8.78 Å². The summed E-state index contributed by atoms with van der Waals surface area (Å²) in [5, 5.41) is -0.758. The molecule has 0 bridgehead atoms. The molecule has 2 N–H and O–H groups in total. The van der Waals surface area contributed by atoms with Crippen LogP contribution in [0.3, 0.4) is 0 Å². The molecule has 0 aromatic carbocycles. The van der Waals surface area contributed by atoms with E-state index in [9.17, 15) is 8.78 Å². The number of hydrogen-bond donors (Lipinski definition) is 1. The number of hydrogen-bond acceptors (Lipinski definition) is 3. The minimum Gasteiger partial charge on any atom is -0.325 e. The fourth-order valence-corrected chi connectivity index (χ4v) is 1.34. The number of alkyl halides is 2. The van der Waals surface area contributed by atoms with Crippen molar-refractivity contribution in [1.82, 2.24) is 9.97 Å². The van der Waals surface area contributed by atoms with Crippen LogP contribution in [0.5, 0.6) is 0 Å². The highest BCUT2D eigenvalue weighted by Crippen LogP contribution is 2.35. The molecule has 1 aromatic heterocycles. The Morgan fingerprint density at radius 3 is 2.15 bits per heavy atom. The van der Waals surface area contributed by atoms with Gasteiger partial charge < -0.3 is 5.73 Å². The molecular weight excluding hydrogens is 223 g/mol. The minimum atomic E-state index is -3.30.